The van der Waals surface area contributed by atoms with Crippen LogP contribution in [0.1, 0.15) is 58.7 Å². The number of nitrogens with zero attached hydrogens (tertiary/aromatic N) is 1. The Balaban J connectivity index is 1.69. The van der Waals surface area contributed by atoms with Crippen LogP contribution in [0.4, 0.5) is 5.69 Å². The van der Waals surface area contributed by atoms with Gasteiger partial charge in [-0.3, -0.25) is 14.4 Å². The Morgan fingerprint density at radius 3 is 2.29 bits per heavy atom. The zero-order valence-electron chi connectivity index (χ0n) is 19.6. The maximum atomic E-state index is 14.3. The number of rotatable bonds is 2. The van der Waals surface area contributed by atoms with E-state index in [1.165, 1.54) is 6.26 Å². The summed E-state index contributed by atoms with van der Waals surface area (Å²) >= 11 is 3.54. The van der Waals surface area contributed by atoms with Crippen LogP contribution in [0.25, 0.3) is 6.08 Å². The summed E-state index contributed by atoms with van der Waals surface area (Å²) in [6.45, 7) is 5.64. The van der Waals surface area contributed by atoms with Crippen LogP contribution in [-0.4, -0.2) is 29.4 Å². The Bertz CT molecular complexity index is 1390. The lowest BCUT2D eigenvalue weighted by molar-refractivity contribution is -0.128. The Morgan fingerprint density at radius 1 is 1.00 bits per heavy atom. The van der Waals surface area contributed by atoms with Crippen LogP contribution >= 0.6 is 15.9 Å². The lowest BCUT2D eigenvalue weighted by Gasteiger charge is -2.38. The van der Waals surface area contributed by atoms with Crippen molar-refractivity contribution in [2.24, 2.45) is 10.8 Å². The van der Waals surface area contributed by atoms with Gasteiger partial charge in [0.15, 0.2) is 17.3 Å². The molecule has 1 saturated heterocycles. The monoisotopic (exact) mass is 529 g/mol. The number of benzene rings is 2. The van der Waals surface area contributed by atoms with E-state index in [1.54, 1.807) is 36.4 Å². The standard InChI is InChI=1S/C29H24BrNO4/c1-28(2,3)27(34)24-23(21-9-6-14-35-21)29(25(32)18-7-4-5-8-19(18)26(29)33)22-13-10-16-15-17(30)11-12-20(16)31(22)24/h4-15,22-24H,1-3H3/t22-,23+,24+/m1/s1. The summed E-state index contributed by atoms with van der Waals surface area (Å²) in [4.78, 5) is 44.9. The van der Waals surface area contributed by atoms with Gasteiger partial charge in [0.25, 0.3) is 0 Å². The second-order valence-corrected chi connectivity index (χ2v) is 11.5. The van der Waals surface area contributed by atoms with E-state index in [1.807, 2.05) is 56.0 Å². The predicted molar refractivity (Wildman–Crippen MR) is 137 cm³/mol. The first-order valence-electron chi connectivity index (χ1n) is 11.7. The highest BCUT2D eigenvalue weighted by molar-refractivity contribution is 9.10. The molecule has 6 heteroatoms. The first-order valence-corrected chi connectivity index (χ1v) is 12.5. The van der Waals surface area contributed by atoms with Crippen LogP contribution in [-0.2, 0) is 4.79 Å². The number of ketones is 3. The average molecular weight is 530 g/mol. The van der Waals surface area contributed by atoms with E-state index in [-0.39, 0.29) is 17.3 Å². The van der Waals surface area contributed by atoms with Crippen LogP contribution in [0.15, 0.2) is 75.8 Å². The summed E-state index contributed by atoms with van der Waals surface area (Å²) in [6, 6.07) is 15.0. The van der Waals surface area contributed by atoms with E-state index in [0.29, 0.717) is 16.9 Å². The number of Topliss-reactive ketones (excluding diaryl/α,β-unsaturated/α-hetero) is 3. The van der Waals surface area contributed by atoms with Gasteiger partial charge in [-0.15, -0.1) is 0 Å². The Morgan fingerprint density at radius 2 is 1.69 bits per heavy atom. The van der Waals surface area contributed by atoms with E-state index < -0.39 is 28.8 Å². The van der Waals surface area contributed by atoms with E-state index in [4.69, 9.17) is 4.42 Å². The molecule has 0 saturated carbocycles. The van der Waals surface area contributed by atoms with Crippen molar-refractivity contribution in [1.82, 2.24) is 0 Å². The van der Waals surface area contributed by atoms with Crippen molar-refractivity contribution in [3.05, 3.63) is 93.9 Å². The zero-order chi connectivity index (χ0) is 24.7. The predicted octanol–water partition coefficient (Wildman–Crippen LogP) is 6.09. The third-order valence-electron chi connectivity index (χ3n) is 7.62. The van der Waals surface area contributed by atoms with Crippen molar-refractivity contribution in [3.8, 4) is 0 Å². The number of anilines is 1. The van der Waals surface area contributed by atoms with Gasteiger partial charge in [0, 0.05) is 26.7 Å². The van der Waals surface area contributed by atoms with E-state index >= 15 is 0 Å². The fraction of sp³-hybridized carbons (Fsp3) is 0.276. The molecule has 3 heterocycles. The number of hydrogen-bond acceptors (Lipinski definition) is 5. The topological polar surface area (TPSA) is 67.6 Å². The zero-order valence-corrected chi connectivity index (χ0v) is 21.2. The number of hydrogen-bond donors (Lipinski definition) is 0. The fourth-order valence-corrected chi connectivity index (χ4v) is 6.55. The minimum Gasteiger partial charge on any atom is -0.469 e. The third kappa shape index (κ3) is 2.83. The smallest absolute Gasteiger partial charge is 0.180 e. The lowest BCUT2D eigenvalue weighted by atomic mass is 9.65. The van der Waals surface area contributed by atoms with Crippen LogP contribution in [0.3, 0.4) is 0 Å². The molecule has 3 aromatic rings. The van der Waals surface area contributed by atoms with Gasteiger partial charge in [0.2, 0.25) is 0 Å². The van der Waals surface area contributed by atoms with E-state index in [0.717, 1.165) is 15.7 Å². The van der Waals surface area contributed by atoms with Gasteiger partial charge in [-0.25, -0.2) is 0 Å². The van der Waals surface area contributed by atoms with Gasteiger partial charge in [-0.1, -0.05) is 73.1 Å². The molecule has 1 spiro atoms. The van der Waals surface area contributed by atoms with Crippen molar-refractivity contribution >= 4 is 45.0 Å². The van der Waals surface area contributed by atoms with Crippen molar-refractivity contribution in [3.63, 3.8) is 0 Å². The largest absolute Gasteiger partial charge is 0.469 e. The molecule has 35 heavy (non-hydrogen) atoms. The highest BCUT2D eigenvalue weighted by atomic mass is 79.9. The molecule has 1 fully saturated rings. The van der Waals surface area contributed by atoms with Crippen LogP contribution < -0.4 is 4.90 Å². The molecule has 2 aromatic carbocycles. The molecule has 6 rings (SSSR count). The first-order chi connectivity index (χ1) is 16.7. The minimum atomic E-state index is -1.51. The van der Waals surface area contributed by atoms with Gasteiger partial charge >= 0.3 is 0 Å². The van der Waals surface area contributed by atoms with Gasteiger partial charge in [0.1, 0.15) is 17.2 Å². The second kappa shape index (κ2) is 7.37. The second-order valence-electron chi connectivity index (χ2n) is 10.5. The van der Waals surface area contributed by atoms with Crippen molar-refractivity contribution in [1.29, 1.82) is 0 Å². The highest BCUT2D eigenvalue weighted by Crippen LogP contribution is 2.61. The number of fused-ring (bicyclic) bond motifs is 5. The Labute approximate surface area is 211 Å². The highest BCUT2D eigenvalue weighted by Gasteiger charge is 2.72. The summed E-state index contributed by atoms with van der Waals surface area (Å²) in [6.07, 6.45) is 5.41. The minimum absolute atomic E-state index is 0.0403. The van der Waals surface area contributed by atoms with Crippen molar-refractivity contribution in [2.75, 3.05) is 4.90 Å². The number of furan rings is 1. The summed E-state index contributed by atoms with van der Waals surface area (Å²) < 4.78 is 6.80. The van der Waals surface area contributed by atoms with Gasteiger partial charge < -0.3 is 9.32 Å². The maximum absolute atomic E-state index is 14.3. The van der Waals surface area contributed by atoms with Crippen molar-refractivity contribution < 1.29 is 18.8 Å². The quantitative estimate of drug-likeness (QED) is 0.375. The number of halogens is 1. The molecule has 3 atom stereocenters. The number of carbonyl (C=O) groups is 3. The van der Waals surface area contributed by atoms with Crippen LogP contribution in [0, 0.1) is 10.8 Å². The maximum Gasteiger partial charge on any atom is 0.180 e. The van der Waals surface area contributed by atoms with E-state index in [9.17, 15) is 14.4 Å². The molecule has 5 nitrogen and oxygen atoms in total. The number of carbonyl (C=O) groups excluding carboxylic acids is 3. The Kier molecular flexibility index (Phi) is 4.68. The molecular formula is C29H24BrNO4. The van der Waals surface area contributed by atoms with Crippen LogP contribution in [0.5, 0.6) is 0 Å². The van der Waals surface area contributed by atoms with Gasteiger partial charge in [-0.2, -0.15) is 0 Å². The molecule has 1 aromatic heterocycles. The van der Waals surface area contributed by atoms with Crippen LogP contribution in [0.2, 0.25) is 0 Å². The normalized spacial score (nSPS) is 24.0. The fourth-order valence-electron chi connectivity index (χ4n) is 6.17. The molecule has 1 aliphatic carbocycles. The molecular weight excluding hydrogens is 506 g/mol. The molecule has 2 aliphatic heterocycles. The summed E-state index contributed by atoms with van der Waals surface area (Å²) in [5, 5.41) is 0. The summed E-state index contributed by atoms with van der Waals surface area (Å²) in [5.41, 5.74) is 0.357. The van der Waals surface area contributed by atoms with Gasteiger partial charge in [-0.05, 0) is 35.9 Å². The molecule has 176 valence electrons. The lowest BCUT2D eigenvalue weighted by Crippen LogP contribution is -2.49. The molecule has 0 radical (unpaired) electrons. The molecule has 0 bridgehead atoms. The summed E-state index contributed by atoms with van der Waals surface area (Å²) in [7, 11) is 0. The molecule has 3 aliphatic rings. The average Bonchev–Trinajstić information content (AvgIpc) is 3.51. The first kappa shape index (κ1) is 22.2. The Hall–Kier alpha value is -3.25. The summed E-state index contributed by atoms with van der Waals surface area (Å²) in [5.74, 6) is -0.834. The molecule has 0 amide bonds. The van der Waals surface area contributed by atoms with Crippen molar-refractivity contribution in [2.45, 2.75) is 38.8 Å². The molecule has 0 N–H and O–H groups in total. The van der Waals surface area contributed by atoms with Gasteiger partial charge in [0.05, 0.1) is 18.2 Å². The van der Waals surface area contributed by atoms with E-state index in [2.05, 4.69) is 15.9 Å². The third-order valence-corrected chi connectivity index (χ3v) is 8.12. The SMILES string of the molecule is CC(C)(C)C(=O)[C@@H]1[C@H](c2ccco2)C2(C(=O)c3ccccc3C2=O)[C@H]2C=Cc3cc(Br)ccc3N12. The molecule has 0 unspecified atom stereocenters.